The molecule has 2 heteroatoms. The Balaban J connectivity index is 4.17. The number of allylic oxidation sites excluding steroid dienone is 3. The van der Waals surface area contributed by atoms with E-state index in [-0.39, 0.29) is 0 Å². The molecule has 0 aliphatic carbocycles. The number of hydrogen-bond acceptors (Lipinski definition) is 1. The average Bonchev–Trinajstić information content (AvgIpc) is 2.39. The van der Waals surface area contributed by atoms with Gasteiger partial charge in [-0.25, -0.2) is 0 Å². The zero-order valence-electron chi connectivity index (χ0n) is 16.5. The van der Waals surface area contributed by atoms with Crippen LogP contribution in [0.2, 0.25) is 18.1 Å². The second kappa shape index (κ2) is 10.4. The Hall–Kier alpha value is -0.343. The molecule has 0 aliphatic rings. The van der Waals surface area contributed by atoms with E-state index in [1.807, 2.05) is 0 Å². The highest BCUT2D eigenvalue weighted by atomic mass is 28.4. The maximum absolute atomic E-state index is 6.30. The van der Waals surface area contributed by atoms with Gasteiger partial charge in [0.1, 0.15) is 0 Å². The molecule has 0 fully saturated rings. The van der Waals surface area contributed by atoms with Gasteiger partial charge < -0.3 is 4.43 Å². The zero-order valence-corrected chi connectivity index (χ0v) is 17.5. The van der Waals surface area contributed by atoms with Crippen LogP contribution in [0.5, 0.6) is 0 Å². The molecule has 0 aromatic rings. The molecule has 0 unspecified atom stereocenters. The Morgan fingerprint density at radius 1 is 1.14 bits per heavy atom. The number of hydrogen-bond donors (Lipinski definition) is 0. The van der Waals surface area contributed by atoms with Crippen molar-refractivity contribution in [2.75, 3.05) is 6.61 Å². The first-order valence-electron chi connectivity index (χ1n) is 9.09. The van der Waals surface area contributed by atoms with Crippen LogP contribution < -0.4 is 0 Å². The van der Waals surface area contributed by atoms with Crippen molar-refractivity contribution in [1.82, 2.24) is 0 Å². The van der Waals surface area contributed by atoms with Crippen molar-refractivity contribution >= 4 is 8.32 Å². The molecule has 0 N–H and O–H groups in total. The van der Waals surface area contributed by atoms with Gasteiger partial charge >= 0.3 is 0 Å². The summed E-state index contributed by atoms with van der Waals surface area (Å²) < 4.78 is 6.30. The van der Waals surface area contributed by atoms with Gasteiger partial charge in [-0.2, -0.15) is 0 Å². The van der Waals surface area contributed by atoms with Gasteiger partial charge in [-0.15, -0.1) is 0 Å². The second-order valence-corrected chi connectivity index (χ2v) is 13.0. The van der Waals surface area contributed by atoms with Gasteiger partial charge in [0.15, 0.2) is 8.32 Å². The van der Waals surface area contributed by atoms with Crippen molar-refractivity contribution in [3.05, 3.63) is 23.8 Å². The predicted molar refractivity (Wildman–Crippen MR) is 104 cm³/mol. The Kier molecular flexibility index (Phi) is 10.3. The first-order valence-corrected chi connectivity index (χ1v) is 12.0. The van der Waals surface area contributed by atoms with Crippen molar-refractivity contribution in [2.45, 2.75) is 91.8 Å². The fourth-order valence-corrected chi connectivity index (χ4v) is 3.18. The van der Waals surface area contributed by atoms with Crippen molar-refractivity contribution < 1.29 is 4.43 Å². The molecule has 0 aromatic carbocycles. The van der Waals surface area contributed by atoms with Crippen LogP contribution in [0.25, 0.3) is 0 Å². The lowest BCUT2D eigenvalue weighted by Gasteiger charge is -2.36. The molecule has 22 heavy (non-hydrogen) atoms. The molecule has 0 rings (SSSR count). The van der Waals surface area contributed by atoms with Crippen molar-refractivity contribution in [3.63, 3.8) is 0 Å². The van der Waals surface area contributed by atoms with E-state index in [1.165, 1.54) is 37.7 Å². The van der Waals surface area contributed by atoms with Crippen LogP contribution in [-0.2, 0) is 4.43 Å². The van der Waals surface area contributed by atoms with Gasteiger partial charge in [-0.05, 0) is 43.8 Å². The molecule has 0 amide bonds. The van der Waals surface area contributed by atoms with Crippen molar-refractivity contribution in [3.8, 4) is 0 Å². The molecule has 0 saturated carbocycles. The fourth-order valence-electron chi connectivity index (χ4n) is 2.07. The summed E-state index contributed by atoms with van der Waals surface area (Å²) >= 11 is 0. The lowest BCUT2D eigenvalue weighted by molar-refractivity contribution is 0.259. The minimum absolute atomic E-state index is 0.296. The maximum Gasteiger partial charge on any atom is 0.192 e. The first kappa shape index (κ1) is 21.7. The molecule has 0 bridgehead atoms. The predicted octanol–water partition coefficient (Wildman–Crippen LogP) is 7.12. The van der Waals surface area contributed by atoms with Crippen LogP contribution in [0.3, 0.4) is 0 Å². The van der Waals surface area contributed by atoms with Gasteiger partial charge in [0.05, 0.1) is 0 Å². The van der Waals surface area contributed by atoms with Crippen LogP contribution in [0.1, 0.15) is 73.6 Å². The Bertz CT molecular complexity index is 347. The maximum atomic E-state index is 6.30. The summed E-state index contributed by atoms with van der Waals surface area (Å²) in [5.74, 6) is 0.485. The van der Waals surface area contributed by atoms with Gasteiger partial charge in [-0.1, -0.05) is 77.7 Å². The van der Waals surface area contributed by atoms with Gasteiger partial charge in [0.25, 0.3) is 0 Å². The summed E-state index contributed by atoms with van der Waals surface area (Å²) in [5, 5.41) is 0.296. The first-order chi connectivity index (χ1) is 10.1. The summed E-state index contributed by atoms with van der Waals surface area (Å²) in [6, 6.07) is 0. The number of unbranched alkanes of at least 4 members (excludes halogenated alkanes) is 4. The second-order valence-electron chi connectivity index (χ2n) is 8.21. The summed E-state index contributed by atoms with van der Waals surface area (Å²) in [5.41, 5.74) is 1.36. The highest BCUT2D eigenvalue weighted by Crippen LogP contribution is 2.36. The van der Waals surface area contributed by atoms with E-state index in [2.05, 4.69) is 72.9 Å². The summed E-state index contributed by atoms with van der Waals surface area (Å²) in [7, 11) is -1.61. The van der Waals surface area contributed by atoms with Gasteiger partial charge in [0, 0.05) is 6.61 Å². The van der Waals surface area contributed by atoms with Gasteiger partial charge in [-0.3, -0.25) is 0 Å². The van der Waals surface area contributed by atoms with E-state index in [4.69, 9.17) is 4.43 Å². The minimum atomic E-state index is -1.61. The van der Waals surface area contributed by atoms with E-state index in [1.54, 1.807) is 0 Å². The summed E-state index contributed by atoms with van der Waals surface area (Å²) in [6.45, 7) is 19.1. The van der Waals surface area contributed by atoms with E-state index >= 15 is 0 Å². The summed E-state index contributed by atoms with van der Waals surface area (Å²) in [4.78, 5) is 0. The molecule has 1 nitrogen and oxygen atoms in total. The Morgan fingerprint density at radius 2 is 1.77 bits per heavy atom. The zero-order chi connectivity index (χ0) is 17.2. The normalized spacial score (nSPS) is 15.5. The third-order valence-corrected chi connectivity index (χ3v) is 9.17. The highest BCUT2D eigenvalue weighted by Gasteiger charge is 2.37. The molecule has 0 aromatic heterocycles. The average molecular weight is 325 g/mol. The fraction of sp³-hybridized carbons (Fsp3) is 0.800. The standard InChI is InChI=1S/C20H40OSi/c1-9-10-11-12-13-14-15-18(2)16-19(3)17-21-22(7,8)20(4,5)6/h14-16,19H,9-13,17H2,1-8H3/b15-14+,18-16-/t19-/m0/s1. The van der Waals surface area contributed by atoms with E-state index < -0.39 is 8.32 Å². The SMILES string of the molecule is CCCCCC/C=C/C(C)=C\[C@H](C)CO[Si](C)(C)C(C)(C)C. The van der Waals surface area contributed by atoms with Crippen LogP contribution in [0.4, 0.5) is 0 Å². The molecular weight excluding hydrogens is 284 g/mol. The summed E-state index contributed by atoms with van der Waals surface area (Å²) in [6.07, 6.45) is 13.5. The van der Waals surface area contributed by atoms with Crippen molar-refractivity contribution in [1.29, 1.82) is 0 Å². The van der Waals surface area contributed by atoms with Crippen molar-refractivity contribution in [2.24, 2.45) is 5.92 Å². The lowest BCUT2D eigenvalue weighted by atomic mass is 10.1. The third kappa shape index (κ3) is 9.63. The Morgan fingerprint density at radius 3 is 2.32 bits per heavy atom. The lowest BCUT2D eigenvalue weighted by Crippen LogP contribution is -2.41. The molecular formula is C20H40OSi. The Labute approximate surface area is 141 Å². The molecule has 0 heterocycles. The molecule has 130 valence electrons. The third-order valence-electron chi connectivity index (χ3n) is 4.67. The van der Waals surface area contributed by atoms with Crippen LogP contribution in [0, 0.1) is 5.92 Å². The molecule has 1 atom stereocenters. The van der Waals surface area contributed by atoms with Crippen LogP contribution in [0.15, 0.2) is 23.8 Å². The quantitative estimate of drug-likeness (QED) is 0.236. The van der Waals surface area contributed by atoms with Gasteiger partial charge in [0.2, 0.25) is 0 Å². The molecule has 0 aliphatic heterocycles. The largest absolute Gasteiger partial charge is 0.416 e. The molecule has 0 spiro atoms. The van der Waals surface area contributed by atoms with E-state index in [0.29, 0.717) is 11.0 Å². The number of rotatable bonds is 10. The minimum Gasteiger partial charge on any atom is -0.416 e. The van der Waals surface area contributed by atoms with Crippen LogP contribution >= 0.6 is 0 Å². The molecule has 0 saturated heterocycles. The van der Waals surface area contributed by atoms with Crippen LogP contribution in [-0.4, -0.2) is 14.9 Å². The highest BCUT2D eigenvalue weighted by molar-refractivity contribution is 6.74. The van der Waals surface area contributed by atoms with E-state index in [0.717, 1.165) is 6.61 Å². The van der Waals surface area contributed by atoms with E-state index in [9.17, 15) is 0 Å². The smallest absolute Gasteiger partial charge is 0.192 e. The topological polar surface area (TPSA) is 9.23 Å². The molecule has 0 radical (unpaired) electrons. The monoisotopic (exact) mass is 324 g/mol.